The van der Waals surface area contributed by atoms with E-state index in [9.17, 15) is 0 Å². The van der Waals surface area contributed by atoms with Crippen molar-refractivity contribution in [2.45, 2.75) is 13.8 Å². The van der Waals surface area contributed by atoms with Crippen LogP contribution in [0, 0.1) is 17.4 Å². The summed E-state index contributed by atoms with van der Waals surface area (Å²) in [6.45, 7) is 4.00. The number of aliphatic hydroxyl groups excluding tert-OH is 1. The molecular formula is C6H13O7+. The molecule has 0 rings (SSSR count). The van der Waals surface area contributed by atoms with Crippen LogP contribution in [0.3, 0.4) is 0 Å². The highest BCUT2D eigenvalue weighted by Gasteiger charge is 1.13. The van der Waals surface area contributed by atoms with Gasteiger partial charge in [0.05, 0.1) is 0 Å². The quantitative estimate of drug-likeness (QED) is 0.541. The monoisotopic (exact) mass is 197 g/mol. The van der Waals surface area contributed by atoms with E-state index >= 15 is 0 Å². The maximum atomic E-state index is 8.12. The molecule has 0 unspecified atom stereocenters. The van der Waals surface area contributed by atoms with E-state index in [2.05, 4.69) is 0 Å². The molecule has 0 radical (unpaired) electrons. The second-order valence-corrected chi connectivity index (χ2v) is 0.167. The smallest absolute Gasteiger partial charge is 0.373 e. The highest BCUT2D eigenvalue weighted by molar-refractivity contribution is 5.20. The average molecular weight is 197 g/mol. The van der Waals surface area contributed by atoms with E-state index in [4.69, 9.17) is 34.2 Å². The molecule has 0 saturated carbocycles. The molecule has 0 aromatic carbocycles. The van der Waals surface area contributed by atoms with Gasteiger partial charge in [-0.1, -0.05) is 13.8 Å². The van der Waals surface area contributed by atoms with Crippen LogP contribution in [0.5, 0.6) is 0 Å². The van der Waals surface area contributed by atoms with Gasteiger partial charge < -0.3 is 5.11 Å². The van der Waals surface area contributed by atoms with Crippen molar-refractivity contribution >= 4 is 12.3 Å². The fourth-order valence-corrected chi connectivity index (χ4v) is 0. The second-order valence-electron chi connectivity index (χ2n) is 0.167. The third-order valence-corrected chi connectivity index (χ3v) is 0. The molecule has 0 saturated heterocycles. The molecule has 0 atom stereocenters. The van der Waals surface area contributed by atoms with Crippen molar-refractivity contribution in [3.8, 4) is 0 Å². The Morgan fingerprint density at radius 1 is 0.769 bits per heavy atom. The van der Waals surface area contributed by atoms with Crippen LogP contribution >= 0.6 is 0 Å². The van der Waals surface area contributed by atoms with E-state index in [1.807, 2.05) is 13.8 Å². The molecule has 0 heterocycles. The van der Waals surface area contributed by atoms with Gasteiger partial charge in [-0.3, -0.25) is 0 Å². The van der Waals surface area contributed by atoms with Gasteiger partial charge in [0.15, 0.2) is 0 Å². The van der Waals surface area contributed by atoms with E-state index in [0.29, 0.717) is 0 Å². The van der Waals surface area contributed by atoms with Crippen LogP contribution in [0.2, 0.25) is 0 Å². The minimum Gasteiger partial charge on any atom is -0.400 e. The average Bonchev–Trinajstić information content (AvgIpc) is 2.16. The van der Waals surface area contributed by atoms with Gasteiger partial charge in [-0.05, 0) is 0 Å². The number of rotatable bonds is 0. The van der Waals surface area contributed by atoms with Gasteiger partial charge in [0, 0.05) is 24.5 Å². The van der Waals surface area contributed by atoms with Crippen molar-refractivity contribution in [2.24, 2.45) is 0 Å². The van der Waals surface area contributed by atoms with Crippen LogP contribution in [-0.2, 0) is 19.2 Å². The van der Waals surface area contributed by atoms with Crippen molar-refractivity contribution < 1.29 is 24.3 Å². The standard InChI is InChI=1S/C2H6.2CO2.CH4O.CH3.O2/c1-2;2*2-1-3;1-2;;1-2/h1-2H3;;;2H,1H3;1H3;/q;;;;+1;. The Labute approximate surface area is 76.0 Å². The molecule has 0 spiro atoms. The summed E-state index contributed by atoms with van der Waals surface area (Å²) in [4.78, 5) is 46.5. The summed E-state index contributed by atoms with van der Waals surface area (Å²) < 4.78 is 0. The second kappa shape index (κ2) is 23800. The third kappa shape index (κ3) is 209. The van der Waals surface area contributed by atoms with Crippen molar-refractivity contribution in [3.05, 3.63) is 17.4 Å². The van der Waals surface area contributed by atoms with Crippen LogP contribution in [-0.4, -0.2) is 24.5 Å². The summed E-state index contributed by atoms with van der Waals surface area (Å²) in [7, 11) is 1.00. The maximum Gasteiger partial charge on any atom is 0.373 e. The fourth-order valence-electron chi connectivity index (χ4n) is 0. The molecule has 13 heavy (non-hydrogen) atoms. The van der Waals surface area contributed by atoms with E-state index in [1.54, 1.807) is 0 Å². The fraction of sp³-hybridized carbons (Fsp3) is 0.500. The molecule has 0 bridgehead atoms. The van der Waals surface area contributed by atoms with Crippen LogP contribution in [0.25, 0.3) is 0 Å². The summed E-state index contributed by atoms with van der Waals surface area (Å²) in [6, 6.07) is 0. The highest BCUT2D eigenvalue weighted by atomic mass is 16.7. The molecule has 1 N–H and O–H groups in total. The van der Waals surface area contributed by atoms with Gasteiger partial charge in [-0.2, -0.15) is 19.2 Å². The number of aliphatic hydroxyl groups is 1. The molecule has 0 amide bonds. The predicted molar refractivity (Wildman–Crippen MR) is 42.7 cm³/mol. The summed E-state index contributed by atoms with van der Waals surface area (Å²) >= 11 is 0. The molecule has 7 heteroatoms. The molecule has 0 aromatic rings. The SMILES string of the molecule is CC.CO.O=C=O.O=C=O.O=O.[CH3+]. The van der Waals surface area contributed by atoms with Crippen LogP contribution < -0.4 is 0 Å². The molecule has 7 nitrogen and oxygen atoms in total. The third-order valence-electron chi connectivity index (χ3n) is 0. The number of carbonyl (C=O) groups excluding carboxylic acids is 4. The normalized spacial score (nSPS) is 2.46. The minimum atomic E-state index is 0. The molecular weight excluding hydrogens is 184 g/mol. The Morgan fingerprint density at radius 3 is 0.769 bits per heavy atom. The topological polar surface area (TPSA) is 123 Å². The van der Waals surface area contributed by atoms with Crippen molar-refractivity contribution in [1.82, 2.24) is 0 Å². The zero-order valence-corrected chi connectivity index (χ0v) is 7.90. The van der Waals surface area contributed by atoms with Crippen molar-refractivity contribution in [2.75, 3.05) is 7.11 Å². The van der Waals surface area contributed by atoms with Gasteiger partial charge in [-0.15, -0.1) is 0 Å². The largest absolute Gasteiger partial charge is 0.400 e. The van der Waals surface area contributed by atoms with Gasteiger partial charge in [0.25, 0.3) is 0 Å². The van der Waals surface area contributed by atoms with Gasteiger partial charge in [0.2, 0.25) is 0 Å². The summed E-state index contributed by atoms with van der Waals surface area (Å²) in [5.74, 6) is 0. The molecule has 0 aliphatic rings. The number of hydrogen-bond acceptors (Lipinski definition) is 7. The molecule has 0 aliphatic carbocycles. The van der Waals surface area contributed by atoms with Crippen LogP contribution in [0.4, 0.5) is 0 Å². The van der Waals surface area contributed by atoms with E-state index in [-0.39, 0.29) is 19.7 Å². The van der Waals surface area contributed by atoms with Gasteiger partial charge in [-0.25, -0.2) is 0 Å². The first-order chi connectivity index (χ1) is 5.83. The zero-order chi connectivity index (χ0) is 11.4. The first-order valence-corrected chi connectivity index (χ1v) is 2.43. The van der Waals surface area contributed by atoms with Gasteiger partial charge >= 0.3 is 12.3 Å². The Morgan fingerprint density at radius 2 is 0.769 bits per heavy atom. The zero-order valence-electron chi connectivity index (χ0n) is 7.90. The lowest BCUT2D eigenvalue weighted by Crippen LogP contribution is -1.25. The highest BCUT2D eigenvalue weighted by Crippen LogP contribution is 1.14. The number of hydrogen-bond donors (Lipinski definition) is 1. The summed E-state index contributed by atoms with van der Waals surface area (Å²) in [5.41, 5.74) is 0. The minimum absolute atomic E-state index is 0. The molecule has 0 fully saturated rings. The van der Waals surface area contributed by atoms with Crippen LogP contribution in [0.15, 0.2) is 0 Å². The Balaban J connectivity index is -0.0000000118. The van der Waals surface area contributed by atoms with Crippen molar-refractivity contribution in [3.63, 3.8) is 0 Å². The first kappa shape index (κ1) is 43.1. The van der Waals surface area contributed by atoms with E-state index in [1.165, 1.54) is 0 Å². The van der Waals surface area contributed by atoms with Crippen LogP contribution in [0.1, 0.15) is 13.8 Å². The molecule has 0 aliphatic heterocycles. The molecule has 78 valence electrons. The lowest BCUT2D eigenvalue weighted by Gasteiger charge is -1.21. The Kier molecular flexibility index (Phi) is 79100. The predicted octanol–water partition coefficient (Wildman–Crippen LogP) is -0.0150. The Bertz CT molecular complexity index is 77.2. The Hall–Kier alpha value is -1.81. The summed E-state index contributed by atoms with van der Waals surface area (Å²) in [6.07, 6.45) is 0.500. The summed E-state index contributed by atoms with van der Waals surface area (Å²) in [5, 5.41) is 7.00. The van der Waals surface area contributed by atoms with E-state index < -0.39 is 0 Å². The lowest BCUT2D eigenvalue weighted by atomic mass is 11.0. The van der Waals surface area contributed by atoms with E-state index in [0.717, 1.165) is 7.11 Å². The first-order valence-electron chi connectivity index (χ1n) is 2.43. The van der Waals surface area contributed by atoms with Crippen molar-refractivity contribution in [1.29, 1.82) is 0 Å². The maximum absolute atomic E-state index is 8.12. The lowest BCUT2D eigenvalue weighted by molar-refractivity contribution is -0.193. The van der Waals surface area contributed by atoms with Gasteiger partial charge in [0.1, 0.15) is 0 Å². The molecule has 0 aromatic heterocycles.